The van der Waals surface area contributed by atoms with Gasteiger partial charge in [0.05, 0.1) is 12.2 Å². The van der Waals surface area contributed by atoms with Crippen molar-refractivity contribution in [2.75, 3.05) is 6.61 Å². The molecule has 0 amide bonds. The highest BCUT2D eigenvalue weighted by molar-refractivity contribution is 5.90. The van der Waals surface area contributed by atoms with Gasteiger partial charge in [-0.1, -0.05) is 36.4 Å². The Bertz CT molecular complexity index is 862. The van der Waals surface area contributed by atoms with Crippen LogP contribution in [-0.2, 0) is 11.2 Å². The Balaban J connectivity index is 1.59. The molecule has 0 bridgehead atoms. The number of rotatable bonds is 3. The van der Waals surface area contributed by atoms with Gasteiger partial charge in [-0.15, -0.1) is 0 Å². The lowest BCUT2D eigenvalue weighted by atomic mass is 9.83. The second kappa shape index (κ2) is 6.60. The monoisotopic (exact) mass is 332 g/mol. The Morgan fingerprint density at radius 3 is 2.76 bits per heavy atom. The van der Waals surface area contributed by atoms with Crippen molar-refractivity contribution < 1.29 is 14.3 Å². The minimum Gasteiger partial charge on any atom is -0.462 e. The average molecular weight is 332 g/mol. The third-order valence-electron chi connectivity index (χ3n) is 4.73. The van der Waals surface area contributed by atoms with E-state index in [1.165, 1.54) is 11.1 Å². The summed E-state index contributed by atoms with van der Waals surface area (Å²) in [6.07, 6.45) is 6.05. The van der Waals surface area contributed by atoms with Gasteiger partial charge in [-0.2, -0.15) is 0 Å². The average Bonchev–Trinajstić information content (AvgIpc) is 2.66. The third kappa shape index (κ3) is 3.10. The molecule has 3 heteroatoms. The van der Waals surface area contributed by atoms with Crippen molar-refractivity contribution in [2.45, 2.75) is 19.8 Å². The summed E-state index contributed by atoms with van der Waals surface area (Å²) in [5.74, 6) is 1.88. The highest BCUT2D eigenvalue weighted by atomic mass is 16.5. The van der Waals surface area contributed by atoms with Crippen LogP contribution in [0.25, 0.3) is 5.57 Å². The molecule has 2 aliphatic rings. The molecule has 0 saturated heterocycles. The number of carbonyl (C=O) groups is 1. The number of hydrogen-bond donors (Lipinski definition) is 0. The van der Waals surface area contributed by atoms with Crippen molar-refractivity contribution in [3.05, 3.63) is 83.1 Å². The fraction of sp³-hybridized carbons (Fsp3) is 0.227. The van der Waals surface area contributed by atoms with Gasteiger partial charge in [0.25, 0.3) is 0 Å². The van der Waals surface area contributed by atoms with E-state index in [-0.39, 0.29) is 5.97 Å². The van der Waals surface area contributed by atoms with E-state index in [0.717, 1.165) is 29.9 Å². The Kier molecular flexibility index (Phi) is 4.14. The number of allylic oxidation sites excluding steroid dienone is 4. The summed E-state index contributed by atoms with van der Waals surface area (Å²) in [6, 6.07) is 16.0. The minimum atomic E-state index is -0.278. The normalized spacial score (nSPS) is 18.2. The van der Waals surface area contributed by atoms with Crippen LogP contribution in [0.1, 0.15) is 34.8 Å². The summed E-state index contributed by atoms with van der Waals surface area (Å²) in [5, 5.41) is 0. The molecule has 3 nitrogen and oxygen atoms in total. The summed E-state index contributed by atoms with van der Waals surface area (Å²) in [4.78, 5) is 12.0. The van der Waals surface area contributed by atoms with Crippen LogP contribution in [0.4, 0.5) is 0 Å². The quantitative estimate of drug-likeness (QED) is 0.758. The molecule has 0 spiro atoms. The van der Waals surface area contributed by atoms with Crippen molar-refractivity contribution in [3.8, 4) is 5.75 Å². The zero-order valence-corrected chi connectivity index (χ0v) is 14.2. The van der Waals surface area contributed by atoms with Gasteiger partial charge in [0.2, 0.25) is 0 Å². The van der Waals surface area contributed by atoms with E-state index in [0.29, 0.717) is 18.1 Å². The molecule has 0 fully saturated rings. The van der Waals surface area contributed by atoms with E-state index < -0.39 is 0 Å². The summed E-state index contributed by atoms with van der Waals surface area (Å²) >= 11 is 0. The molecule has 1 aliphatic heterocycles. The first-order chi connectivity index (χ1) is 12.2. The number of hydrogen-bond acceptors (Lipinski definition) is 3. The molecular formula is C22H20O3. The molecule has 1 atom stereocenters. The molecular weight excluding hydrogens is 312 g/mol. The molecule has 126 valence electrons. The summed E-state index contributed by atoms with van der Waals surface area (Å²) in [7, 11) is 0. The smallest absolute Gasteiger partial charge is 0.338 e. The lowest BCUT2D eigenvalue weighted by Gasteiger charge is -2.31. The highest BCUT2D eigenvalue weighted by Crippen LogP contribution is 2.40. The molecule has 0 N–H and O–H groups in total. The van der Waals surface area contributed by atoms with Gasteiger partial charge < -0.3 is 9.47 Å². The third-order valence-corrected chi connectivity index (χ3v) is 4.73. The molecule has 2 aromatic rings. The minimum absolute atomic E-state index is 0.278. The SMILES string of the molecule is CCOC(=O)c1ccc2c(c1)CC1CC(c3ccccc3)=CC=C1O2. The Morgan fingerprint density at radius 1 is 1.12 bits per heavy atom. The lowest BCUT2D eigenvalue weighted by Crippen LogP contribution is -2.21. The van der Waals surface area contributed by atoms with E-state index in [4.69, 9.17) is 9.47 Å². The maximum absolute atomic E-state index is 12.0. The van der Waals surface area contributed by atoms with Crippen LogP contribution in [0.2, 0.25) is 0 Å². The second-order valence-corrected chi connectivity index (χ2v) is 6.38. The zero-order chi connectivity index (χ0) is 17.2. The summed E-state index contributed by atoms with van der Waals surface area (Å²) in [5.41, 5.74) is 4.24. The van der Waals surface area contributed by atoms with Crippen molar-refractivity contribution in [1.82, 2.24) is 0 Å². The zero-order valence-electron chi connectivity index (χ0n) is 14.2. The number of fused-ring (bicyclic) bond motifs is 2. The van der Waals surface area contributed by atoms with Crippen molar-refractivity contribution in [2.24, 2.45) is 5.92 Å². The topological polar surface area (TPSA) is 35.5 Å². The highest BCUT2D eigenvalue weighted by Gasteiger charge is 2.28. The van der Waals surface area contributed by atoms with Gasteiger partial charge in [-0.25, -0.2) is 4.79 Å². The molecule has 1 heterocycles. The predicted molar refractivity (Wildman–Crippen MR) is 97.3 cm³/mol. The first kappa shape index (κ1) is 15.7. The van der Waals surface area contributed by atoms with Crippen LogP contribution in [0.15, 0.2) is 66.4 Å². The molecule has 0 aromatic heterocycles. The molecule has 4 rings (SSSR count). The molecule has 1 unspecified atom stereocenters. The summed E-state index contributed by atoms with van der Waals surface area (Å²) < 4.78 is 11.2. The number of carbonyl (C=O) groups excluding carboxylic acids is 1. The van der Waals surface area contributed by atoms with Crippen LogP contribution in [-0.4, -0.2) is 12.6 Å². The van der Waals surface area contributed by atoms with Gasteiger partial charge >= 0.3 is 5.97 Å². The van der Waals surface area contributed by atoms with Crippen LogP contribution < -0.4 is 4.74 Å². The van der Waals surface area contributed by atoms with E-state index in [2.05, 4.69) is 36.4 Å². The molecule has 1 aliphatic carbocycles. The Morgan fingerprint density at radius 2 is 1.96 bits per heavy atom. The summed E-state index contributed by atoms with van der Waals surface area (Å²) in [6.45, 7) is 2.20. The molecule has 25 heavy (non-hydrogen) atoms. The van der Waals surface area contributed by atoms with Gasteiger partial charge in [0.1, 0.15) is 11.5 Å². The van der Waals surface area contributed by atoms with Crippen LogP contribution in [0.3, 0.4) is 0 Å². The number of esters is 1. The maximum Gasteiger partial charge on any atom is 0.338 e. The van der Waals surface area contributed by atoms with Gasteiger partial charge in [-0.05, 0) is 60.7 Å². The van der Waals surface area contributed by atoms with Crippen LogP contribution >= 0.6 is 0 Å². The lowest BCUT2D eigenvalue weighted by molar-refractivity contribution is 0.0526. The van der Waals surface area contributed by atoms with Crippen molar-refractivity contribution in [1.29, 1.82) is 0 Å². The molecule has 2 aromatic carbocycles. The van der Waals surface area contributed by atoms with Gasteiger partial charge in [0.15, 0.2) is 0 Å². The Hall–Kier alpha value is -2.81. The van der Waals surface area contributed by atoms with Crippen LogP contribution in [0, 0.1) is 5.92 Å². The second-order valence-electron chi connectivity index (χ2n) is 6.38. The first-order valence-corrected chi connectivity index (χ1v) is 8.68. The van der Waals surface area contributed by atoms with Gasteiger partial charge in [0, 0.05) is 5.92 Å². The fourth-order valence-electron chi connectivity index (χ4n) is 3.48. The van der Waals surface area contributed by atoms with Gasteiger partial charge in [-0.3, -0.25) is 0 Å². The van der Waals surface area contributed by atoms with Crippen LogP contribution in [0.5, 0.6) is 5.75 Å². The standard InChI is InChI=1S/C22H20O3/c1-2-24-22(23)17-9-11-21-19(13-17)14-18-12-16(8-10-20(18)25-21)15-6-4-3-5-7-15/h3-11,13,18H,2,12,14H2,1H3. The first-order valence-electron chi connectivity index (χ1n) is 8.68. The van der Waals surface area contributed by atoms with Crippen molar-refractivity contribution in [3.63, 3.8) is 0 Å². The van der Waals surface area contributed by atoms with E-state index in [9.17, 15) is 4.79 Å². The van der Waals surface area contributed by atoms with E-state index in [1.807, 2.05) is 25.1 Å². The van der Waals surface area contributed by atoms with E-state index >= 15 is 0 Å². The predicted octanol–water partition coefficient (Wildman–Crippen LogP) is 4.79. The number of ether oxygens (including phenoxy) is 2. The Labute approximate surface area is 147 Å². The van der Waals surface area contributed by atoms with Crippen molar-refractivity contribution >= 4 is 11.5 Å². The fourth-order valence-corrected chi connectivity index (χ4v) is 3.48. The largest absolute Gasteiger partial charge is 0.462 e. The number of benzene rings is 2. The molecule has 0 radical (unpaired) electrons. The van der Waals surface area contributed by atoms with E-state index in [1.54, 1.807) is 6.07 Å². The molecule has 0 saturated carbocycles. The maximum atomic E-state index is 12.0.